The number of para-hydroxylation sites is 1. The first-order valence-electron chi connectivity index (χ1n) is 5.44. The van der Waals surface area contributed by atoms with Crippen LogP contribution in [-0.4, -0.2) is 6.67 Å². The van der Waals surface area contributed by atoms with E-state index in [1.54, 1.807) is 0 Å². The first kappa shape index (κ1) is 10.6. The molecule has 0 aromatic heterocycles. The summed E-state index contributed by atoms with van der Waals surface area (Å²) in [6.45, 7) is 2.82. The number of rotatable bonds is 4. The molecule has 0 spiro atoms. The second-order valence-corrected chi connectivity index (χ2v) is 3.77. The van der Waals surface area contributed by atoms with Crippen molar-refractivity contribution in [3.8, 4) is 0 Å². The molecule has 2 rings (SSSR count). The molecule has 0 amide bonds. The van der Waals surface area contributed by atoms with Crippen molar-refractivity contribution in [1.82, 2.24) is 0 Å². The van der Waals surface area contributed by atoms with Crippen molar-refractivity contribution in [2.75, 3.05) is 17.3 Å². The molecule has 2 N–H and O–H groups in total. The van der Waals surface area contributed by atoms with E-state index in [-0.39, 0.29) is 0 Å². The Morgan fingerprint density at radius 1 is 0.812 bits per heavy atom. The van der Waals surface area contributed by atoms with Crippen LogP contribution in [0.25, 0.3) is 0 Å². The maximum absolute atomic E-state index is 3.32. The highest BCUT2D eigenvalue weighted by Crippen LogP contribution is 2.09. The molecule has 0 unspecified atom stereocenters. The molecule has 0 saturated carbocycles. The standard InChI is InChI=1S/C14H16N2/c1-12-6-5-9-14(10-12)16-11-15-13-7-3-2-4-8-13/h2-10,15-16H,11H2,1H3. The molecule has 2 aromatic rings. The lowest BCUT2D eigenvalue weighted by Gasteiger charge is -2.09. The second-order valence-electron chi connectivity index (χ2n) is 3.77. The van der Waals surface area contributed by atoms with E-state index in [2.05, 4.69) is 54.0 Å². The lowest BCUT2D eigenvalue weighted by atomic mass is 10.2. The second kappa shape index (κ2) is 5.21. The van der Waals surface area contributed by atoms with Gasteiger partial charge >= 0.3 is 0 Å². The highest BCUT2D eigenvalue weighted by atomic mass is 15.1. The summed E-state index contributed by atoms with van der Waals surface area (Å²) in [5.74, 6) is 0. The predicted molar refractivity (Wildman–Crippen MR) is 69.7 cm³/mol. The Balaban J connectivity index is 1.85. The molecule has 0 aliphatic carbocycles. The molecule has 0 bridgehead atoms. The van der Waals surface area contributed by atoms with E-state index in [0.717, 1.165) is 18.0 Å². The first-order valence-corrected chi connectivity index (χ1v) is 5.44. The van der Waals surface area contributed by atoms with Crippen LogP contribution in [0.1, 0.15) is 5.56 Å². The van der Waals surface area contributed by atoms with E-state index < -0.39 is 0 Å². The van der Waals surface area contributed by atoms with Crippen molar-refractivity contribution in [3.63, 3.8) is 0 Å². The first-order chi connectivity index (χ1) is 7.84. The van der Waals surface area contributed by atoms with Crippen molar-refractivity contribution < 1.29 is 0 Å². The summed E-state index contributed by atoms with van der Waals surface area (Å²) in [6, 6.07) is 18.5. The topological polar surface area (TPSA) is 24.1 Å². The fraction of sp³-hybridized carbons (Fsp3) is 0.143. The van der Waals surface area contributed by atoms with Gasteiger partial charge in [-0.2, -0.15) is 0 Å². The lowest BCUT2D eigenvalue weighted by molar-refractivity contribution is 1.21. The Morgan fingerprint density at radius 3 is 2.25 bits per heavy atom. The van der Waals surface area contributed by atoms with Gasteiger partial charge in [0.15, 0.2) is 0 Å². The van der Waals surface area contributed by atoms with Crippen LogP contribution in [0, 0.1) is 6.92 Å². The smallest absolute Gasteiger partial charge is 0.0849 e. The maximum atomic E-state index is 3.32. The molecule has 0 aliphatic heterocycles. The fourth-order valence-corrected chi connectivity index (χ4v) is 1.56. The number of benzene rings is 2. The molecule has 0 aliphatic rings. The molecule has 2 aromatic carbocycles. The highest BCUT2D eigenvalue weighted by molar-refractivity contribution is 5.48. The minimum absolute atomic E-state index is 0.730. The minimum atomic E-state index is 0.730. The zero-order valence-electron chi connectivity index (χ0n) is 9.40. The van der Waals surface area contributed by atoms with E-state index in [1.165, 1.54) is 5.56 Å². The Kier molecular flexibility index (Phi) is 3.44. The van der Waals surface area contributed by atoms with Gasteiger partial charge in [0.2, 0.25) is 0 Å². The van der Waals surface area contributed by atoms with Crippen molar-refractivity contribution in [3.05, 3.63) is 60.2 Å². The van der Waals surface area contributed by atoms with E-state index in [1.807, 2.05) is 18.2 Å². The van der Waals surface area contributed by atoms with E-state index in [4.69, 9.17) is 0 Å². The van der Waals surface area contributed by atoms with E-state index >= 15 is 0 Å². The average molecular weight is 212 g/mol. The summed E-state index contributed by atoms with van der Waals surface area (Å²) in [5.41, 5.74) is 3.54. The van der Waals surface area contributed by atoms with Crippen LogP contribution in [0.15, 0.2) is 54.6 Å². The summed E-state index contributed by atoms with van der Waals surface area (Å²) in [5, 5.41) is 6.62. The summed E-state index contributed by atoms with van der Waals surface area (Å²) in [7, 11) is 0. The van der Waals surface area contributed by atoms with Gasteiger partial charge in [-0.25, -0.2) is 0 Å². The summed E-state index contributed by atoms with van der Waals surface area (Å²) < 4.78 is 0. The third-order valence-electron chi connectivity index (χ3n) is 2.38. The number of hydrogen-bond donors (Lipinski definition) is 2. The molecule has 0 atom stereocenters. The summed E-state index contributed by atoms with van der Waals surface area (Å²) in [4.78, 5) is 0. The molecular formula is C14H16N2. The van der Waals surface area contributed by atoms with Crippen LogP contribution in [0.3, 0.4) is 0 Å². The number of anilines is 2. The molecule has 16 heavy (non-hydrogen) atoms. The lowest BCUT2D eigenvalue weighted by Crippen LogP contribution is -2.11. The van der Waals surface area contributed by atoms with Crippen molar-refractivity contribution >= 4 is 11.4 Å². The van der Waals surface area contributed by atoms with Crippen molar-refractivity contribution in [2.45, 2.75) is 6.92 Å². The third-order valence-corrected chi connectivity index (χ3v) is 2.38. The van der Waals surface area contributed by atoms with Gasteiger partial charge in [-0.15, -0.1) is 0 Å². The zero-order chi connectivity index (χ0) is 11.2. The Hall–Kier alpha value is -1.96. The van der Waals surface area contributed by atoms with Gasteiger partial charge in [0.1, 0.15) is 0 Å². The number of hydrogen-bond acceptors (Lipinski definition) is 2. The molecule has 0 saturated heterocycles. The number of nitrogens with one attached hydrogen (secondary N) is 2. The van der Waals surface area contributed by atoms with Gasteiger partial charge < -0.3 is 10.6 Å². The highest BCUT2D eigenvalue weighted by Gasteiger charge is 1.91. The van der Waals surface area contributed by atoms with Gasteiger partial charge in [0, 0.05) is 11.4 Å². The Bertz CT molecular complexity index is 437. The molecule has 0 radical (unpaired) electrons. The Morgan fingerprint density at radius 2 is 1.50 bits per heavy atom. The van der Waals surface area contributed by atoms with Crippen LogP contribution in [0.5, 0.6) is 0 Å². The zero-order valence-corrected chi connectivity index (χ0v) is 9.40. The molecule has 0 heterocycles. The summed E-state index contributed by atoms with van der Waals surface area (Å²) >= 11 is 0. The van der Waals surface area contributed by atoms with E-state index in [9.17, 15) is 0 Å². The largest absolute Gasteiger partial charge is 0.368 e. The third kappa shape index (κ3) is 3.02. The fourth-order valence-electron chi connectivity index (χ4n) is 1.56. The SMILES string of the molecule is Cc1cccc(NCNc2ccccc2)c1. The van der Waals surface area contributed by atoms with Crippen LogP contribution in [0.2, 0.25) is 0 Å². The van der Waals surface area contributed by atoms with Crippen LogP contribution in [-0.2, 0) is 0 Å². The van der Waals surface area contributed by atoms with Gasteiger partial charge in [-0.1, -0.05) is 30.3 Å². The molecule has 2 heteroatoms. The van der Waals surface area contributed by atoms with Crippen LogP contribution in [0.4, 0.5) is 11.4 Å². The number of aryl methyl sites for hydroxylation is 1. The van der Waals surface area contributed by atoms with Crippen molar-refractivity contribution in [1.29, 1.82) is 0 Å². The normalized spacial score (nSPS) is 9.81. The quantitative estimate of drug-likeness (QED) is 0.758. The van der Waals surface area contributed by atoms with Gasteiger partial charge in [0.25, 0.3) is 0 Å². The van der Waals surface area contributed by atoms with Gasteiger partial charge in [-0.3, -0.25) is 0 Å². The van der Waals surface area contributed by atoms with Crippen LogP contribution >= 0.6 is 0 Å². The monoisotopic (exact) mass is 212 g/mol. The van der Waals surface area contributed by atoms with Crippen molar-refractivity contribution in [2.24, 2.45) is 0 Å². The average Bonchev–Trinajstić information content (AvgIpc) is 2.30. The van der Waals surface area contributed by atoms with Gasteiger partial charge in [0.05, 0.1) is 6.67 Å². The maximum Gasteiger partial charge on any atom is 0.0849 e. The van der Waals surface area contributed by atoms with E-state index in [0.29, 0.717) is 0 Å². The molecular weight excluding hydrogens is 196 g/mol. The Labute approximate surface area is 96.3 Å². The molecule has 2 nitrogen and oxygen atoms in total. The molecule has 0 fully saturated rings. The van der Waals surface area contributed by atoms with Gasteiger partial charge in [-0.05, 0) is 36.8 Å². The predicted octanol–water partition coefficient (Wildman–Crippen LogP) is 3.48. The van der Waals surface area contributed by atoms with Crippen LogP contribution < -0.4 is 10.6 Å². The summed E-state index contributed by atoms with van der Waals surface area (Å²) in [6.07, 6.45) is 0. The minimum Gasteiger partial charge on any atom is -0.368 e. The molecule has 82 valence electrons.